The molecular formula is C31H38FNO6. The number of esters is 1. The van der Waals surface area contributed by atoms with Gasteiger partial charge in [-0.05, 0) is 80.4 Å². The zero-order chi connectivity index (χ0) is 28.8. The molecule has 7 nitrogen and oxygen atoms in total. The molecule has 0 radical (unpaired) electrons. The van der Waals surface area contributed by atoms with Crippen molar-refractivity contribution in [2.45, 2.75) is 65.7 Å². The van der Waals surface area contributed by atoms with Gasteiger partial charge in [0.1, 0.15) is 35.3 Å². The summed E-state index contributed by atoms with van der Waals surface area (Å²) in [6, 6.07) is 19.6. The third kappa shape index (κ3) is 11.9. The van der Waals surface area contributed by atoms with E-state index >= 15 is 0 Å². The fourth-order valence-electron chi connectivity index (χ4n) is 3.25. The van der Waals surface area contributed by atoms with Gasteiger partial charge in [-0.25, -0.2) is 9.18 Å². The lowest BCUT2D eigenvalue weighted by molar-refractivity contribution is -0.141. The van der Waals surface area contributed by atoms with E-state index in [1.54, 1.807) is 63.2 Å². The minimum Gasteiger partial charge on any atom is -0.489 e. The van der Waals surface area contributed by atoms with E-state index in [1.165, 1.54) is 25.7 Å². The van der Waals surface area contributed by atoms with Crippen LogP contribution in [0.5, 0.6) is 17.2 Å². The smallest absolute Gasteiger partial charge is 0.408 e. The SMILES string of the molecule is CCC.COC(=O)CC(NC(=O)OC(C)(C)C)c1ccc(OCc2cccc(Oc3ccc(F)cc3)c2)cc1. The molecule has 0 saturated heterocycles. The Hall–Kier alpha value is -4.07. The largest absolute Gasteiger partial charge is 0.489 e. The third-order valence-corrected chi connectivity index (χ3v) is 4.93. The predicted molar refractivity (Wildman–Crippen MR) is 148 cm³/mol. The van der Waals surface area contributed by atoms with Crippen molar-refractivity contribution >= 4 is 12.1 Å². The third-order valence-electron chi connectivity index (χ3n) is 4.93. The van der Waals surface area contributed by atoms with Gasteiger partial charge in [0.15, 0.2) is 0 Å². The van der Waals surface area contributed by atoms with Crippen molar-refractivity contribution in [2.75, 3.05) is 7.11 Å². The van der Waals surface area contributed by atoms with Crippen LogP contribution in [0.1, 0.15) is 64.6 Å². The first-order chi connectivity index (χ1) is 18.5. The maximum absolute atomic E-state index is 13.1. The van der Waals surface area contributed by atoms with E-state index in [0.29, 0.717) is 29.4 Å². The molecule has 0 aliphatic carbocycles. The van der Waals surface area contributed by atoms with Crippen molar-refractivity contribution in [3.63, 3.8) is 0 Å². The van der Waals surface area contributed by atoms with Crippen molar-refractivity contribution < 1.29 is 32.9 Å². The highest BCUT2D eigenvalue weighted by atomic mass is 19.1. The molecule has 3 aromatic rings. The molecule has 0 saturated carbocycles. The number of benzene rings is 3. The average molecular weight is 540 g/mol. The summed E-state index contributed by atoms with van der Waals surface area (Å²) in [7, 11) is 1.30. The summed E-state index contributed by atoms with van der Waals surface area (Å²) >= 11 is 0. The molecule has 3 aromatic carbocycles. The first kappa shape index (κ1) is 31.1. The van der Waals surface area contributed by atoms with Gasteiger partial charge in [-0.3, -0.25) is 4.79 Å². The highest BCUT2D eigenvalue weighted by Gasteiger charge is 2.23. The van der Waals surface area contributed by atoms with Crippen LogP contribution < -0.4 is 14.8 Å². The van der Waals surface area contributed by atoms with Crippen LogP contribution in [0, 0.1) is 5.82 Å². The fraction of sp³-hybridized carbons (Fsp3) is 0.355. The van der Waals surface area contributed by atoms with Crippen LogP contribution in [0.4, 0.5) is 9.18 Å². The lowest BCUT2D eigenvalue weighted by atomic mass is 10.0. The number of nitrogens with one attached hydrogen (secondary N) is 1. The summed E-state index contributed by atoms with van der Waals surface area (Å²) in [6.07, 6.45) is 0.580. The number of rotatable bonds is 9. The lowest BCUT2D eigenvalue weighted by Crippen LogP contribution is -2.35. The van der Waals surface area contributed by atoms with E-state index in [-0.39, 0.29) is 12.2 Å². The Labute approximate surface area is 230 Å². The molecule has 0 heterocycles. The molecule has 39 heavy (non-hydrogen) atoms. The normalized spacial score (nSPS) is 11.4. The number of ether oxygens (including phenoxy) is 4. The second-order valence-corrected chi connectivity index (χ2v) is 9.75. The van der Waals surface area contributed by atoms with Gasteiger partial charge >= 0.3 is 12.1 Å². The second-order valence-electron chi connectivity index (χ2n) is 9.75. The summed E-state index contributed by atoms with van der Waals surface area (Å²) in [5, 5.41) is 2.72. The number of carbonyl (C=O) groups is 2. The molecular weight excluding hydrogens is 501 g/mol. The van der Waals surface area contributed by atoms with E-state index < -0.39 is 23.7 Å². The number of methoxy groups -OCH3 is 1. The molecule has 8 heteroatoms. The van der Waals surface area contributed by atoms with Crippen LogP contribution >= 0.6 is 0 Å². The molecule has 3 rings (SSSR count). The summed E-state index contributed by atoms with van der Waals surface area (Å²) in [4.78, 5) is 24.1. The van der Waals surface area contributed by atoms with E-state index in [9.17, 15) is 14.0 Å². The minimum absolute atomic E-state index is 0.0448. The molecule has 1 amide bonds. The van der Waals surface area contributed by atoms with Gasteiger partial charge < -0.3 is 24.3 Å². The van der Waals surface area contributed by atoms with Crippen LogP contribution in [-0.4, -0.2) is 24.8 Å². The number of halogens is 1. The molecule has 0 fully saturated rings. The topological polar surface area (TPSA) is 83.1 Å². The number of hydrogen-bond donors (Lipinski definition) is 1. The number of alkyl carbamates (subject to hydrolysis) is 1. The van der Waals surface area contributed by atoms with Crippen molar-refractivity contribution in [3.05, 3.63) is 89.7 Å². The zero-order valence-corrected chi connectivity index (χ0v) is 23.5. The molecule has 0 bridgehead atoms. The monoisotopic (exact) mass is 539 g/mol. The Morgan fingerprint density at radius 2 is 1.51 bits per heavy atom. The Bertz CT molecular complexity index is 1170. The molecule has 0 aliphatic rings. The van der Waals surface area contributed by atoms with Crippen LogP contribution in [0.2, 0.25) is 0 Å². The van der Waals surface area contributed by atoms with Gasteiger partial charge in [-0.2, -0.15) is 0 Å². The Morgan fingerprint density at radius 3 is 2.10 bits per heavy atom. The number of amides is 1. The van der Waals surface area contributed by atoms with Crippen LogP contribution in [0.15, 0.2) is 72.8 Å². The van der Waals surface area contributed by atoms with E-state index in [1.807, 2.05) is 18.2 Å². The molecule has 0 spiro atoms. The van der Waals surface area contributed by atoms with E-state index in [4.69, 9.17) is 18.9 Å². The van der Waals surface area contributed by atoms with Crippen LogP contribution in [-0.2, 0) is 20.9 Å². The fourth-order valence-corrected chi connectivity index (χ4v) is 3.25. The zero-order valence-electron chi connectivity index (χ0n) is 23.5. The molecule has 1 atom stereocenters. The van der Waals surface area contributed by atoms with Gasteiger partial charge in [0.25, 0.3) is 0 Å². The molecule has 210 valence electrons. The first-order valence-electron chi connectivity index (χ1n) is 12.8. The summed E-state index contributed by atoms with van der Waals surface area (Å²) < 4.78 is 34.8. The Morgan fingerprint density at radius 1 is 0.897 bits per heavy atom. The van der Waals surface area contributed by atoms with Crippen molar-refractivity contribution in [3.8, 4) is 17.2 Å². The molecule has 1 N–H and O–H groups in total. The predicted octanol–water partition coefficient (Wildman–Crippen LogP) is 7.74. The van der Waals surface area contributed by atoms with Gasteiger partial charge in [0.05, 0.1) is 19.6 Å². The van der Waals surface area contributed by atoms with Gasteiger partial charge in [0.2, 0.25) is 0 Å². The summed E-state index contributed by atoms with van der Waals surface area (Å²) in [5.41, 5.74) is 0.918. The van der Waals surface area contributed by atoms with Gasteiger partial charge in [-0.1, -0.05) is 44.5 Å². The van der Waals surface area contributed by atoms with Crippen molar-refractivity contribution in [1.29, 1.82) is 0 Å². The van der Waals surface area contributed by atoms with E-state index in [0.717, 1.165) is 5.56 Å². The van der Waals surface area contributed by atoms with Crippen molar-refractivity contribution in [1.82, 2.24) is 5.32 Å². The highest BCUT2D eigenvalue weighted by molar-refractivity contribution is 5.73. The lowest BCUT2D eigenvalue weighted by Gasteiger charge is -2.23. The second kappa shape index (κ2) is 15.4. The Kier molecular flexibility index (Phi) is 12.3. The van der Waals surface area contributed by atoms with Gasteiger partial charge in [0, 0.05) is 0 Å². The highest BCUT2D eigenvalue weighted by Crippen LogP contribution is 2.25. The minimum atomic E-state index is -0.668. The standard InChI is InChI=1S/C28H30FNO6.C3H8/c1-28(2,3)36-27(32)30-25(17-26(31)33-4)20-8-12-22(13-9-20)34-18-19-6-5-7-24(16-19)35-23-14-10-21(29)11-15-23;1-3-2/h5-16,25H,17-18H2,1-4H3,(H,30,32);3H2,1-2H3. The maximum Gasteiger partial charge on any atom is 0.408 e. The summed E-state index contributed by atoms with van der Waals surface area (Å²) in [6.45, 7) is 9.83. The molecule has 0 aromatic heterocycles. The summed E-state index contributed by atoms with van der Waals surface area (Å²) in [5.74, 6) is 0.966. The van der Waals surface area contributed by atoms with Crippen LogP contribution in [0.25, 0.3) is 0 Å². The molecule has 1 unspecified atom stereocenters. The Balaban J connectivity index is 0.00000170. The molecule has 0 aliphatic heterocycles. The average Bonchev–Trinajstić information content (AvgIpc) is 2.88. The first-order valence-corrected chi connectivity index (χ1v) is 12.8. The van der Waals surface area contributed by atoms with Crippen molar-refractivity contribution in [2.24, 2.45) is 0 Å². The maximum atomic E-state index is 13.1. The number of carbonyl (C=O) groups excluding carboxylic acids is 2. The quantitative estimate of drug-likeness (QED) is 0.280. The van der Waals surface area contributed by atoms with E-state index in [2.05, 4.69) is 19.2 Å². The number of hydrogen-bond acceptors (Lipinski definition) is 6. The van der Waals surface area contributed by atoms with Crippen LogP contribution in [0.3, 0.4) is 0 Å². The van der Waals surface area contributed by atoms with Gasteiger partial charge in [-0.15, -0.1) is 0 Å².